The zero-order valence-electron chi connectivity index (χ0n) is 12.4. The van der Waals surface area contributed by atoms with Crippen LogP contribution in [0.5, 0.6) is 0 Å². The molecule has 0 aliphatic heterocycles. The minimum atomic E-state index is -0.326. The van der Waals surface area contributed by atoms with Crippen LogP contribution >= 0.6 is 11.6 Å². The second-order valence-corrected chi connectivity index (χ2v) is 5.44. The number of amides is 2. The lowest BCUT2D eigenvalue weighted by Gasteiger charge is -2.10. The maximum Gasteiger partial charge on any atom is 0.251 e. The van der Waals surface area contributed by atoms with Crippen molar-refractivity contribution in [3.63, 3.8) is 0 Å². The Morgan fingerprint density at radius 2 is 1.82 bits per heavy atom. The van der Waals surface area contributed by atoms with Crippen LogP contribution in [0.1, 0.15) is 21.5 Å². The fraction of sp³-hybridized carbons (Fsp3) is 0.176. The molecule has 2 amide bonds. The predicted molar refractivity (Wildman–Crippen MR) is 88.3 cm³/mol. The van der Waals surface area contributed by atoms with Crippen molar-refractivity contribution >= 4 is 29.1 Å². The van der Waals surface area contributed by atoms with E-state index >= 15 is 0 Å². The molecule has 22 heavy (non-hydrogen) atoms. The summed E-state index contributed by atoms with van der Waals surface area (Å²) in [5.41, 5.74) is 2.96. The molecule has 2 N–H and O–H groups in total. The fourth-order valence-corrected chi connectivity index (χ4v) is 2.28. The zero-order chi connectivity index (χ0) is 16.1. The van der Waals surface area contributed by atoms with Crippen molar-refractivity contribution in [3.05, 3.63) is 64.2 Å². The first-order valence-electron chi connectivity index (χ1n) is 6.87. The molecule has 0 heterocycles. The monoisotopic (exact) mass is 316 g/mol. The topological polar surface area (TPSA) is 58.2 Å². The average Bonchev–Trinajstić information content (AvgIpc) is 2.48. The van der Waals surface area contributed by atoms with Crippen LogP contribution in [0.2, 0.25) is 5.02 Å². The van der Waals surface area contributed by atoms with Crippen LogP contribution in [0.15, 0.2) is 42.5 Å². The summed E-state index contributed by atoms with van der Waals surface area (Å²) >= 11 is 6.05. The molecule has 0 aliphatic rings. The molecule has 4 nitrogen and oxygen atoms in total. The van der Waals surface area contributed by atoms with E-state index in [9.17, 15) is 9.59 Å². The summed E-state index contributed by atoms with van der Waals surface area (Å²) in [5, 5.41) is 5.74. The highest BCUT2D eigenvalue weighted by molar-refractivity contribution is 6.33. The van der Waals surface area contributed by atoms with Gasteiger partial charge in [-0.2, -0.15) is 0 Å². The van der Waals surface area contributed by atoms with Crippen LogP contribution in [0.3, 0.4) is 0 Å². The summed E-state index contributed by atoms with van der Waals surface area (Å²) in [6.07, 6.45) is 0. The van der Waals surface area contributed by atoms with E-state index in [1.165, 1.54) is 0 Å². The van der Waals surface area contributed by atoms with Gasteiger partial charge >= 0.3 is 0 Å². The number of hydrogen-bond donors (Lipinski definition) is 2. The van der Waals surface area contributed by atoms with Crippen LogP contribution in [0.25, 0.3) is 0 Å². The molecule has 0 unspecified atom stereocenters. The molecular weight excluding hydrogens is 300 g/mol. The van der Waals surface area contributed by atoms with Crippen molar-refractivity contribution in [2.75, 3.05) is 11.9 Å². The quantitative estimate of drug-likeness (QED) is 0.909. The molecule has 0 fully saturated rings. The second-order valence-electron chi connectivity index (χ2n) is 5.03. The van der Waals surface area contributed by atoms with Gasteiger partial charge in [-0.15, -0.1) is 0 Å². The Kier molecular flexibility index (Phi) is 5.17. The van der Waals surface area contributed by atoms with Crippen LogP contribution in [-0.2, 0) is 4.79 Å². The van der Waals surface area contributed by atoms with Gasteiger partial charge < -0.3 is 10.6 Å². The van der Waals surface area contributed by atoms with E-state index in [0.717, 1.165) is 11.1 Å². The first kappa shape index (κ1) is 16.0. The standard InChI is InChI=1S/C17H17ClN2O2/c1-11-7-8-15(14(18)9-11)20-16(21)10-19-17(22)13-6-4-3-5-12(13)2/h3-9H,10H2,1-2H3,(H,19,22)(H,20,21). The van der Waals surface area contributed by atoms with Gasteiger partial charge in [0.2, 0.25) is 5.91 Å². The highest BCUT2D eigenvalue weighted by atomic mass is 35.5. The summed E-state index contributed by atoms with van der Waals surface area (Å²) < 4.78 is 0. The minimum Gasteiger partial charge on any atom is -0.343 e. The number of rotatable bonds is 4. The molecule has 0 spiro atoms. The fourth-order valence-electron chi connectivity index (χ4n) is 2.00. The Labute approximate surface area is 134 Å². The van der Waals surface area contributed by atoms with Crippen LogP contribution in [0, 0.1) is 13.8 Å². The Bertz CT molecular complexity index is 714. The smallest absolute Gasteiger partial charge is 0.251 e. The summed E-state index contributed by atoms with van der Waals surface area (Å²) in [7, 11) is 0. The van der Waals surface area contributed by atoms with E-state index in [4.69, 9.17) is 11.6 Å². The molecular formula is C17H17ClN2O2. The van der Waals surface area contributed by atoms with E-state index in [0.29, 0.717) is 16.3 Å². The van der Waals surface area contributed by atoms with Crippen molar-refractivity contribution in [3.8, 4) is 0 Å². The Hall–Kier alpha value is -2.33. The first-order chi connectivity index (χ1) is 10.5. The largest absolute Gasteiger partial charge is 0.343 e. The molecule has 0 atom stereocenters. The molecule has 5 heteroatoms. The van der Waals surface area contributed by atoms with Crippen molar-refractivity contribution in [1.29, 1.82) is 0 Å². The third kappa shape index (κ3) is 4.09. The van der Waals surface area contributed by atoms with Crippen LogP contribution < -0.4 is 10.6 Å². The van der Waals surface area contributed by atoms with Crippen LogP contribution in [0.4, 0.5) is 5.69 Å². The molecule has 0 aliphatic carbocycles. The molecule has 0 aromatic heterocycles. The molecule has 0 radical (unpaired) electrons. The molecule has 0 bridgehead atoms. The Balaban J connectivity index is 1.93. The highest BCUT2D eigenvalue weighted by Gasteiger charge is 2.11. The van der Waals surface area contributed by atoms with E-state index in [2.05, 4.69) is 10.6 Å². The molecule has 114 valence electrons. The lowest BCUT2D eigenvalue weighted by atomic mass is 10.1. The second kappa shape index (κ2) is 7.09. The Morgan fingerprint density at radius 1 is 1.09 bits per heavy atom. The molecule has 0 saturated carbocycles. The van der Waals surface area contributed by atoms with Gasteiger partial charge in [0, 0.05) is 5.56 Å². The van der Waals surface area contributed by atoms with Gasteiger partial charge in [-0.05, 0) is 43.2 Å². The van der Waals surface area contributed by atoms with Gasteiger partial charge in [0.1, 0.15) is 0 Å². The number of benzene rings is 2. The van der Waals surface area contributed by atoms with E-state index < -0.39 is 0 Å². The molecule has 0 saturated heterocycles. The van der Waals surface area contributed by atoms with E-state index in [1.54, 1.807) is 24.3 Å². The lowest BCUT2D eigenvalue weighted by molar-refractivity contribution is -0.115. The maximum atomic E-state index is 12.0. The lowest BCUT2D eigenvalue weighted by Crippen LogP contribution is -2.33. The zero-order valence-corrected chi connectivity index (χ0v) is 13.2. The van der Waals surface area contributed by atoms with Gasteiger partial charge in [-0.3, -0.25) is 9.59 Å². The van der Waals surface area contributed by atoms with Gasteiger partial charge in [0.15, 0.2) is 0 Å². The minimum absolute atomic E-state index is 0.114. The molecule has 2 aromatic rings. The third-order valence-corrected chi connectivity index (χ3v) is 3.51. The van der Waals surface area contributed by atoms with Gasteiger partial charge in [0.25, 0.3) is 5.91 Å². The first-order valence-corrected chi connectivity index (χ1v) is 7.25. The van der Waals surface area contributed by atoms with Crippen LogP contribution in [-0.4, -0.2) is 18.4 Å². The number of anilines is 1. The number of carbonyl (C=O) groups is 2. The molecule has 2 rings (SSSR count). The maximum absolute atomic E-state index is 12.0. The summed E-state index contributed by atoms with van der Waals surface area (Å²) in [6.45, 7) is 3.65. The predicted octanol–water partition coefficient (Wildman–Crippen LogP) is 3.33. The van der Waals surface area contributed by atoms with Gasteiger partial charge in [-0.25, -0.2) is 0 Å². The number of hydrogen-bond acceptors (Lipinski definition) is 2. The number of halogens is 1. The SMILES string of the molecule is Cc1ccc(NC(=O)CNC(=O)c2ccccc2C)c(Cl)c1. The van der Waals surface area contributed by atoms with Gasteiger partial charge in [-0.1, -0.05) is 35.9 Å². The van der Waals surface area contributed by atoms with E-state index in [1.807, 2.05) is 32.0 Å². The highest BCUT2D eigenvalue weighted by Crippen LogP contribution is 2.22. The van der Waals surface area contributed by atoms with Crippen molar-refractivity contribution in [2.45, 2.75) is 13.8 Å². The summed E-state index contributed by atoms with van der Waals surface area (Å²) in [6, 6.07) is 12.6. The third-order valence-electron chi connectivity index (χ3n) is 3.20. The number of nitrogens with one attached hydrogen (secondary N) is 2. The summed E-state index contributed by atoms with van der Waals surface area (Å²) in [5.74, 6) is -0.601. The number of aryl methyl sites for hydroxylation is 2. The van der Waals surface area contributed by atoms with Crippen molar-refractivity contribution in [2.24, 2.45) is 0 Å². The van der Waals surface area contributed by atoms with Gasteiger partial charge in [0.05, 0.1) is 17.3 Å². The van der Waals surface area contributed by atoms with Crippen molar-refractivity contribution in [1.82, 2.24) is 5.32 Å². The average molecular weight is 317 g/mol. The normalized spacial score (nSPS) is 10.1. The molecule has 2 aromatic carbocycles. The van der Waals surface area contributed by atoms with Crippen molar-refractivity contribution < 1.29 is 9.59 Å². The Morgan fingerprint density at radius 3 is 2.50 bits per heavy atom. The number of carbonyl (C=O) groups excluding carboxylic acids is 2. The van der Waals surface area contributed by atoms with E-state index in [-0.39, 0.29) is 18.4 Å². The summed E-state index contributed by atoms with van der Waals surface area (Å²) in [4.78, 5) is 23.9.